The molecule has 1 aliphatic rings. The maximum Gasteiger partial charge on any atom is 0.173 e. The predicted octanol–water partition coefficient (Wildman–Crippen LogP) is 4.82. The first-order chi connectivity index (χ1) is 14.2. The van der Waals surface area contributed by atoms with Gasteiger partial charge in [-0.3, -0.25) is 4.90 Å². The Balaban J connectivity index is 1.64. The number of morpholine rings is 1. The highest BCUT2D eigenvalue weighted by atomic mass is 35.5. The molecule has 2 aromatic carbocycles. The van der Waals surface area contributed by atoms with E-state index in [1.54, 1.807) is 0 Å². The van der Waals surface area contributed by atoms with Gasteiger partial charge in [-0.05, 0) is 54.4 Å². The lowest BCUT2D eigenvalue weighted by Gasteiger charge is -2.30. The third kappa shape index (κ3) is 6.96. The Kier molecular flexibility index (Phi) is 8.74. The zero-order chi connectivity index (χ0) is 20.5. The normalized spacial score (nSPS) is 14.6. The number of ether oxygens (including phenoxy) is 1. The third-order valence-corrected chi connectivity index (χ3v) is 5.83. The molecular formula is C23H30ClN3OS. The van der Waals surface area contributed by atoms with Crippen molar-refractivity contribution in [3.05, 3.63) is 64.7 Å². The van der Waals surface area contributed by atoms with Crippen LogP contribution in [0.25, 0.3) is 0 Å². The highest BCUT2D eigenvalue weighted by Crippen LogP contribution is 2.18. The summed E-state index contributed by atoms with van der Waals surface area (Å²) in [6.45, 7) is 8.60. The number of hydrogen-bond donors (Lipinski definition) is 1. The van der Waals surface area contributed by atoms with Gasteiger partial charge in [0.15, 0.2) is 5.11 Å². The second kappa shape index (κ2) is 11.5. The Morgan fingerprint density at radius 2 is 1.86 bits per heavy atom. The SMILES string of the molecule is CCc1ccccc1NC(=S)N(CCCN1CCOCC1)Cc1ccc(Cl)cc1. The maximum absolute atomic E-state index is 6.05. The minimum atomic E-state index is 0.755. The van der Waals surface area contributed by atoms with Crippen LogP contribution in [0.2, 0.25) is 5.02 Å². The lowest BCUT2D eigenvalue weighted by atomic mass is 10.1. The first-order valence-electron chi connectivity index (χ1n) is 10.3. The zero-order valence-corrected chi connectivity index (χ0v) is 18.6. The van der Waals surface area contributed by atoms with Gasteiger partial charge >= 0.3 is 0 Å². The first-order valence-corrected chi connectivity index (χ1v) is 11.1. The van der Waals surface area contributed by atoms with E-state index in [1.165, 1.54) is 11.1 Å². The minimum Gasteiger partial charge on any atom is -0.379 e. The molecule has 0 atom stereocenters. The molecule has 1 aliphatic heterocycles. The number of halogens is 1. The second-order valence-corrected chi connectivity index (χ2v) is 8.12. The summed E-state index contributed by atoms with van der Waals surface area (Å²) < 4.78 is 5.45. The van der Waals surface area contributed by atoms with Crippen LogP contribution >= 0.6 is 23.8 Å². The number of aryl methyl sites for hydroxylation is 1. The number of para-hydroxylation sites is 1. The fourth-order valence-electron chi connectivity index (χ4n) is 3.52. The molecule has 0 saturated carbocycles. The molecule has 156 valence electrons. The molecule has 0 aliphatic carbocycles. The van der Waals surface area contributed by atoms with Gasteiger partial charge in [0.1, 0.15) is 0 Å². The van der Waals surface area contributed by atoms with Crippen LogP contribution < -0.4 is 5.32 Å². The van der Waals surface area contributed by atoms with Crippen molar-refractivity contribution in [2.75, 3.05) is 44.7 Å². The number of nitrogens with one attached hydrogen (secondary N) is 1. The lowest BCUT2D eigenvalue weighted by Crippen LogP contribution is -2.40. The summed E-state index contributed by atoms with van der Waals surface area (Å²) in [6, 6.07) is 16.4. The summed E-state index contributed by atoms with van der Waals surface area (Å²) in [4.78, 5) is 4.72. The number of nitrogens with zero attached hydrogens (tertiary/aromatic N) is 2. The molecule has 1 N–H and O–H groups in total. The molecule has 4 nitrogen and oxygen atoms in total. The standard InChI is InChI=1S/C23H30ClN3OS/c1-2-20-6-3-4-7-22(20)25-23(29)27(18-19-8-10-21(24)11-9-19)13-5-12-26-14-16-28-17-15-26/h3-4,6-11H,2,5,12-18H2,1H3,(H,25,29). The predicted molar refractivity (Wildman–Crippen MR) is 126 cm³/mol. The average Bonchev–Trinajstić information content (AvgIpc) is 2.75. The number of rotatable bonds is 8. The Labute approximate surface area is 184 Å². The van der Waals surface area contributed by atoms with Crippen LogP contribution in [-0.4, -0.2) is 54.3 Å². The summed E-state index contributed by atoms with van der Waals surface area (Å²) in [5, 5.41) is 5.00. The molecule has 1 heterocycles. The molecule has 0 aromatic heterocycles. The number of benzene rings is 2. The molecule has 0 spiro atoms. The van der Waals surface area contributed by atoms with Crippen molar-refractivity contribution in [1.82, 2.24) is 9.80 Å². The topological polar surface area (TPSA) is 27.7 Å². The average molecular weight is 432 g/mol. The molecule has 0 unspecified atom stereocenters. The molecule has 2 aromatic rings. The van der Waals surface area contributed by atoms with Gasteiger partial charge < -0.3 is 15.0 Å². The monoisotopic (exact) mass is 431 g/mol. The molecule has 1 fully saturated rings. The summed E-state index contributed by atoms with van der Waals surface area (Å²) in [6.07, 6.45) is 2.03. The van der Waals surface area contributed by atoms with Crippen LogP contribution in [0.5, 0.6) is 0 Å². The van der Waals surface area contributed by atoms with Gasteiger partial charge in [0, 0.05) is 43.4 Å². The van der Waals surface area contributed by atoms with Crippen molar-refractivity contribution in [1.29, 1.82) is 0 Å². The summed E-state index contributed by atoms with van der Waals surface area (Å²) in [7, 11) is 0. The van der Waals surface area contributed by atoms with E-state index in [9.17, 15) is 0 Å². The van der Waals surface area contributed by atoms with Gasteiger partial charge in [0.2, 0.25) is 0 Å². The van der Waals surface area contributed by atoms with Crippen LogP contribution in [0.3, 0.4) is 0 Å². The van der Waals surface area contributed by atoms with Crippen molar-refractivity contribution in [3.63, 3.8) is 0 Å². The molecular weight excluding hydrogens is 402 g/mol. The zero-order valence-electron chi connectivity index (χ0n) is 17.1. The Morgan fingerprint density at radius 3 is 2.59 bits per heavy atom. The van der Waals surface area contributed by atoms with Gasteiger partial charge in [-0.25, -0.2) is 0 Å². The van der Waals surface area contributed by atoms with Crippen LogP contribution in [0.1, 0.15) is 24.5 Å². The summed E-state index contributed by atoms with van der Waals surface area (Å²) in [5.74, 6) is 0. The van der Waals surface area contributed by atoms with Crippen LogP contribution in [0.15, 0.2) is 48.5 Å². The van der Waals surface area contributed by atoms with E-state index in [2.05, 4.69) is 52.4 Å². The van der Waals surface area contributed by atoms with E-state index < -0.39 is 0 Å². The molecule has 6 heteroatoms. The molecule has 29 heavy (non-hydrogen) atoms. The van der Waals surface area contributed by atoms with Gasteiger partial charge in [-0.15, -0.1) is 0 Å². The molecule has 0 radical (unpaired) electrons. The lowest BCUT2D eigenvalue weighted by molar-refractivity contribution is 0.0368. The molecule has 0 amide bonds. The highest BCUT2D eigenvalue weighted by Gasteiger charge is 2.14. The number of anilines is 1. The van der Waals surface area contributed by atoms with Gasteiger partial charge in [0.05, 0.1) is 13.2 Å². The molecule has 3 rings (SSSR count). The fraction of sp³-hybridized carbons (Fsp3) is 0.435. The number of hydrogen-bond acceptors (Lipinski definition) is 3. The summed E-state index contributed by atoms with van der Waals surface area (Å²) in [5.41, 5.74) is 3.57. The third-order valence-electron chi connectivity index (χ3n) is 5.22. The Hall–Kier alpha value is -1.66. The van der Waals surface area contributed by atoms with Gasteiger partial charge in [-0.2, -0.15) is 0 Å². The largest absolute Gasteiger partial charge is 0.379 e. The van der Waals surface area contributed by atoms with Crippen molar-refractivity contribution in [3.8, 4) is 0 Å². The minimum absolute atomic E-state index is 0.755. The van der Waals surface area contributed by atoms with Crippen molar-refractivity contribution < 1.29 is 4.74 Å². The maximum atomic E-state index is 6.05. The first kappa shape index (κ1) is 22.0. The van der Waals surface area contributed by atoms with E-state index in [0.717, 1.165) is 74.6 Å². The fourth-order valence-corrected chi connectivity index (χ4v) is 3.91. The van der Waals surface area contributed by atoms with E-state index in [1.807, 2.05) is 18.2 Å². The van der Waals surface area contributed by atoms with Crippen LogP contribution in [-0.2, 0) is 17.7 Å². The highest BCUT2D eigenvalue weighted by molar-refractivity contribution is 7.80. The Bertz CT molecular complexity index is 778. The molecule has 1 saturated heterocycles. The van der Waals surface area contributed by atoms with Crippen LogP contribution in [0.4, 0.5) is 5.69 Å². The van der Waals surface area contributed by atoms with E-state index >= 15 is 0 Å². The smallest absolute Gasteiger partial charge is 0.173 e. The van der Waals surface area contributed by atoms with Gasteiger partial charge in [0.25, 0.3) is 0 Å². The summed E-state index contributed by atoms with van der Waals surface area (Å²) >= 11 is 11.9. The van der Waals surface area contributed by atoms with Gasteiger partial charge in [-0.1, -0.05) is 48.9 Å². The van der Waals surface area contributed by atoms with E-state index in [0.29, 0.717) is 0 Å². The second-order valence-electron chi connectivity index (χ2n) is 7.30. The number of thiocarbonyl (C=S) groups is 1. The van der Waals surface area contributed by atoms with Crippen molar-refractivity contribution in [2.24, 2.45) is 0 Å². The molecule has 0 bridgehead atoms. The van der Waals surface area contributed by atoms with Crippen molar-refractivity contribution in [2.45, 2.75) is 26.3 Å². The van der Waals surface area contributed by atoms with E-state index in [4.69, 9.17) is 28.6 Å². The van der Waals surface area contributed by atoms with E-state index in [-0.39, 0.29) is 0 Å². The van der Waals surface area contributed by atoms with Crippen LogP contribution in [0, 0.1) is 0 Å². The quantitative estimate of drug-likeness (QED) is 0.604. The van der Waals surface area contributed by atoms with Crippen molar-refractivity contribution >= 4 is 34.6 Å². The Morgan fingerprint density at radius 1 is 1.14 bits per heavy atom.